The number of benzene rings is 3. The molecule has 1 fully saturated rings. The molecule has 7 heteroatoms. The van der Waals surface area contributed by atoms with Gasteiger partial charge < -0.3 is 19.5 Å². The molecule has 6 nitrogen and oxygen atoms in total. The molecule has 1 N–H and O–H groups in total. The van der Waals surface area contributed by atoms with Crippen molar-refractivity contribution >= 4 is 38.6 Å². The molecule has 3 aromatic carbocycles. The van der Waals surface area contributed by atoms with Crippen molar-refractivity contribution in [1.29, 1.82) is 0 Å². The molecular formula is C28H30BrNO5. The van der Waals surface area contributed by atoms with Crippen molar-refractivity contribution in [2.75, 3.05) is 14.2 Å². The molecule has 0 heterocycles. The number of methoxy groups -OCH3 is 1. The Balaban J connectivity index is 1.38. The third kappa shape index (κ3) is 5.45. The highest BCUT2D eigenvalue weighted by Crippen LogP contribution is 2.40. The highest BCUT2D eigenvalue weighted by Gasteiger charge is 2.39. The van der Waals surface area contributed by atoms with Gasteiger partial charge in [0.1, 0.15) is 18.1 Å². The Bertz CT molecular complexity index is 1230. The Morgan fingerprint density at radius 3 is 2.49 bits per heavy atom. The first-order valence-corrected chi connectivity index (χ1v) is 12.5. The van der Waals surface area contributed by atoms with Crippen molar-refractivity contribution < 1.29 is 23.8 Å². The molecule has 1 aliphatic carbocycles. The van der Waals surface area contributed by atoms with E-state index in [1.165, 1.54) is 7.11 Å². The number of amides is 1. The first-order valence-electron chi connectivity index (χ1n) is 11.7. The molecule has 1 saturated carbocycles. The summed E-state index contributed by atoms with van der Waals surface area (Å²) in [6.07, 6.45) is 2.71. The van der Waals surface area contributed by atoms with E-state index in [2.05, 4.69) is 39.4 Å². The van der Waals surface area contributed by atoms with Gasteiger partial charge in [-0.05, 0) is 77.0 Å². The molecule has 35 heavy (non-hydrogen) atoms. The fourth-order valence-electron chi connectivity index (χ4n) is 4.57. The van der Waals surface area contributed by atoms with Crippen LogP contribution in [0.3, 0.4) is 0 Å². The maximum absolute atomic E-state index is 13.0. The van der Waals surface area contributed by atoms with Crippen molar-refractivity contribution in [3.63, 3.8) is 0 Å². The van der Waals surface area contributed by atoms with Crippen molar-refractivity contribution in [2.24, 2.45) is 5.41 Å². The number of esters is 1. The number of hydrogen-bond donors (Lipinski definition) is 1. The summed E-state index contributed by atoms with van der Waals surface area (Å²) in [6.45, 7) is 2.23. The van der Waals surface area contributed by atoms with Gasteiger partial charge in [-0.15, -0.1) is 0 Å². The summed E-state index contributed by atoms with van der Waals surface area (Å²) in [5.41, 5.74) is 0.869. The molecule has 0 aliphatic heterocycles. The highest BCUT2D eigenvalue weighted by atomic mass is 79.9. The number of ether oxygens (including phenoxy) is 3. The second-order valence-corrected chi connectivity index (χ2v) is 10.0. The van der Waals surface area contributed by atoms with Gasteiger partial charge in [-0.3, -0.25) is 9.59 Å². The maximum atomic E-state index is 13.0. The average molecular weight is 540 g/mol. The summed E-state index contributed by atoms with van der Waals surface area (Å²) in [5, 5.41) is 4.86. The van der Waals surface area contributed by atoms with Gasteiger partial charge >= 0.3 is 5.97 Å². The number of carbonyl (C=O) groups excluding carboxylic acids is 2. The van der Waals surface area contributed by atoms with Crippen LogP contribution in [0.1, 0.15) is 48.5 Å². The van der Waals surface area contributed by atoms with E-state index in [1.54, 1.807) is 19.2 Å². The third-order valence-corrected chi connectivity index (χ3v) is 7.41. The number of rotatable bonds is 7. The number of fused-ring (bicyclic) bond motifs is 1. The predicted octanol–water partition coefficient (Wildman–Crippen LogP) is 6.04. The second kappa shape index (κ2) is 10.7. The second-order valence-electron chi connectivity index (χ2n) is 9.15. The van der Waals surface area contributed by atoms with E-state index in [1.807, 2.05) is 31.2 Å². The fraction of sp³-hybridized carbons (Fsp3) is 0.357. The number of hydrogen-bond acceptors (Lipinski definition) is 5. The zero-order valence-corrected chi connectivity index (χ0v) is 21.8. The standard InChI is InChI=1S/C28H30BrNO5/c1-28(27(32)34-17-19-9-6-8-18-7-4-5-10-21(18)19)13-11-20(12-14-28)35-25-15-22(26(31)30-2)24(33-3)16-23(25)29/h4-10,15-16,20H,11-14,17H2,1-3H3,(H,30,31)/t20-,28+. The van der Waals surface area contributed by atoms with Gasteiger partial charge in [-0.25, -0.2) is 0 Å². The molecule has 184 valence electrons. The Hall–Kier alpha value is -3.06. The Morgan fingerprint density at radius 2 is 1.77 bits per heavy atom. The molecule has 4 rings (SSSR count). The zero-order chi connectivity index (χ0) is 25.0. The Morgan fingerprint density at radius 1 is 1.06 bits per heavy atom. The van der Waals surface area contributed by atoms with E-state index in [-0.39, 0.29) is 24.6 Å². The Kier molecular flexibility index (Phi) is 7.65. The van der Waals surface area contributed by atoms with Crippen molar-refractivity contribution in [1.82, 2.24) is 5.32 Å². The van der Waals surface area contributed by atoms with E-state index in [9.17, 15) is 9.59 Å². The summed E-state index contributed by atoms with van der Waals surface area (Å²) < 4.78 is 18.1. The van der Waals surface area contributed by atoms with Crippen LogP contribution in [0.2, 0.25) is 0 Å². The molecule has 3 aromatic rings. The molecule has 0 aromatic heterocycles. The van der Waals surface area contributed by atoms with Crippen LogP contribution in [0, 0.1) is 5.41 Å². The smallest absolute Gasteiger partial charge is 0.312 e. The largest absolute Gasteiger partial charge is 0.496 e. The van der Waals surface area contributed by atoms with E-state index < -0.39 is 5.41 Å². The quantitative estimate of drug-likeness (QED) is 0.370. The number of carbonyl (C=O) groups is 2. The van der Waals surface area contributed by atoms with Crippen molar-refractivity contribution in [2.45, 2.75) is 45.3 Å². The lowest BCUT2D eigenvalue weighted by molar-refractivity contribution is -0.159. The SMILES string of the molecule is CNC(=O)c1cc(O[C@H]2CC[C@@](C)(C(=O)OCc3cccc4ccccc34)CC2)c(Br)cc1OC. The monoisotopic (exact) mass is 539 g/mol. The lowest BCUT2D eigenvalue weighted by atomic mass is 9.74. The number of halogens is 1. The van der Waals surface area contributed by atoms with Crippen molar-refractivity contribution in [3.8, 4) is 11.5 Å². The normalized spacial score (nSPS) is 19.7. The lowest BCUT2D eigenvalue weighted by Gasteiger charge is -2.35. The van der Waals surface area contributed by atoms with E-state index in [4.69, 9.17) is 14.2 Å². The van der Waals surface area contributed by atoms with Crippen LogP contribution in [0.4, 0.5) is 0 Å². The van der Waals surface area contributed by atoms with Gasteiger partial charge in [0.2, 0.25) is 0 Å². The lowest BCUT2D eigenvalue weighted by Crippen LogP contribution is -2.37. The van der Waals surface area contributed by atoms with Gasteiger partial charge in [-0.1, -0.05) is 42.5 Å². The summed E-state index contributed by atoms with van der Waals surface area (Å²) in [7, 11) is 3.10. The molecule has 0 unspecified atom stereocenters. The molecular weight excluding hydrogens is 510 g/mol. The van der Waals surface area contributed by atoms with Gasteiger partial charge in [0.05, 0.1) is 28.7 Å². The summed E-state index contributed by atoms with van der Waals surface area (Å²) >= 11 is 3.51. The van der Waals surface area contributed by atoms with Crippen LogP contribution in [-0.2, 0) is 16.1 Å². The summed E-state index contributed by atoms with van der Waals surface area (Å²) in [6, 6.07) is 17.6. The van der Waals surface area contributed by atoms with Crippen LogP contribution in [-0.4, -0.2) is 32.1 Å². The molecule has 0 spiro atoms. The van der Waals surface area contributed by atoms with Crippen LogP contribution < -0.4 is 14.8 Å². The molecule has 0 atom stereocenters. The first-order chi connectivity index (χ1) is 16.8. The van der Waals surface area contributed by atoms with Crippen LogP contribution >= 0.6 is 15.9 Å². The van der Waals surface area contributed by atoms with Crippen LogP contribution in [0.25, 0.3) is 10.8 Å². The summed E-state index contributed by atoms with van der Waals surface area (Å²) in [4.78, 5) is 25.3. The molecule has 0 radical (unpaired) electrons. The zero-order valence-electron chi connectivity index (χ0n) is 20.2. The van der Waals surface area contributed by atoms with E-state index >= 15 is 0 Å². The van der Waals surface area contributed by atoms with Gasteiger partial charge in [0.15, 0.2) is 0 Å². The minimum absolute atomic E-state index is 0.0591. The van der Waals surface area contributed by atoms with Crippen LogP contribution in [0.15, 0.2) is 59.1 Å². The third-order valence-electron chi connectivity index (χ3n) is 6.79. The fourth-order valence-corrected chi connectivity index (χ4v) is 4.99. The highest BCUT2D eigenvalue weighted by molar-refractivity contribution is 9.10. The van der Waals surface area contributed by atoms with Gasteiger partial charge in [0.25, 0.3) is 5.91 Å². The Labute approximate surface area is 214 Å². The molecule has 0 saturated heterocycles. The minimum atomic E-state index is -0.547. The molecule has 1 aliphatic rings. The maximum Gasteiger partial charge on any atom is 0.312 e. The minimum Gasteiger partial charge on any atom is -0.496 e. The molecule has 1 amide bonds. The van der Waals surface area contributed by atoms with E-state index in [0.717, 1.165) is 16.3 Å². The molecule has 0 bridgehead atoms. The summed E-state index contributed by atoms with van der Waals surface area (Å²) in [5.74, 6) is 0.631. The average Bonchev–Trinajstić information content (AvgIpc) is 2.88. The van der Waals surface area contributed by atoms with E-state index in [0.29, 0.717) is 47.2 Å². The van der Waals surface area contributed by atoms with Crippen LogP contribution in [0.5, 0.6) is 11.5 Å². The van der Waals surface area contributed by atoms with Gasteiger partial charge in [0, 0.05) is 7.05 Å². The first kappa shape index (κ1) is 25.0. The topological polar surface area (TPSA) is 73.9 Å². The number of nitrogens with one attached hydrogen (secondary N) is 1. The predicted molar refractivity (Wildman–Crippen MR) is 139 cm³/mol. The van der Waals surface area contributed by atoms with Crippen molar-refractivity contribution in [3.05, 3.63) is 70.2 Å². The van der Waals surface area contributed by atoms with Gasteiger partial charge in [-0.2, -0.15) is 0 Å².